The summed E-state index contributed by atoms with van der Waals surface area (Å²) in [5, 5.41) is 3.27. The minimum atomic E-state index is -3.80. The Hall–Kier alpha value is -1.40. The highest BCUT2D eigenvalue weighted by molar-refractivity contribution is 7.90. The molecule has 1 aromatic carbocycles. The van der Waals surface area contributed by atoms with Crippen molar-refractivity contribution >= 4 is 15.9 Å². The molecule has 0 radical (unpaired) electrons. The lowest BCUT2D eigenvalue weighted by Gasteiger charge is -2.36. The molecule has 0 spiro atoms. The molecule has 1 aliphatic heterocycles. The molecular weight excluding hydrogens is 300 g/mol. The maximum absolute atomic E-state index is 12.7. The third-order valence-electron chi connectivity index (χ3n) is 5.02. The van der Waals surface area contributed by atoms with Gasteiger partial charge in [0, 0.05) is 6.54 Å². The third-order valence-corrected chi connectivity index (χ3v) is 6.35. The summed E-state index contributed by atoms with van der Waals surface area (Å²) in [5.74, 6) is -0.0994. The molecule has 2 aliphatic rings. The van der Waals surface area contributed by atoms with Gasteiger partial charge in [-0.1, -0.05) is 25.0 Å². The van der Waals surface area contributed by atoms with E-state index in [1.165, 1.54) is 6.07 Å². The van der Waals surface area contributed by atoms with Crippen LogP contribution in [0, 0.1) is 18.3 Å². The molecule has 2 atom stereocenters. The van der Waals surface area contributed by atoms with Gasteiger partial charge in [0.25, 0.3) is 10.0 Å². The normalized spacial score (nSPS) is 28.1. The van der Waals surface area contributed by atoms with E-state index in [0.717, 1.165) is 37.8 Å². The van der Waals surface area contributed by atoms with Crippen molar-refractivity contribution in [2.45, 2.75) is 37.5 Å². The summed E-state index contributed by atoms with van der Waals surface area (Å²) in [7, 11) is -3.80. The first-order valence-electron chi connectivity index (χ1n) is 7.79. The molecule has 5 nitrogen and oxygen atoms in total. The van der Waals surface area contributed by atoms with Crippen LogP contribution in [0.2, 0.25) is 0 Å². The molecule has 6 heteroatoms. The number of aryl methyl sites for hydroxylation is 1. The molecule has 1 amide bonds. The van der Waals surface area contributed by atoms with Gasteiger partial charge in [0.05, 0.1) is 10.3 Å². The smallest absolute Gasteiger partial charge is 0.264 e. The molecule has 3 rings (SSSR count). The third kappa shape index (κ3) is 2.65. The number of sulfonamides is 1. The van der Waals surface area contributed by atoms with Gasteiger partial charge in [-0.15, -0.1) is 0 Å². The Morgan fingerprint density at radius 2 is 2.18 bits per heavy atom. The Balaban J connectivity index is 1.84. The zero-order valence-corrected chi connectivity index (χ0v) is 13.6. The van der Waals surface area contributed by atoms with Gasteiger partial charge in [-0.3, -0.25) is 4.79 Å². The van der Waals surface area contributed by atoms with Gasteiger partial charge in [-0.2, -0.15) is 0 Å². The second kappa shape index (κ2) is 5.66. The Morgan fingerprint density at radius 3 is 2.95 bits per heavy atom. The van der Waals surface area contributed by atoms with Crippen molar-refractivity contribution in [3.05, 3.63) is 29.8 Å². The summed E-state index contributed by atoms with van der Waals surface area (Å²) >= 11 is 0. The Morgan fingerprint density at radius 1 is 1.36 bits per heavy atom. The summed E-state index contributed by atoms with van der Waals surface area (Å²) < 4.78 is 27.3. The Labute approximate surface area is 131 Å². The first kappa shape index (κ1) is 15.5. The molecule has 1 heterocycles. The molecule has 22 heavy (non-hydrogen) atoms. The molecule has 2 N–H and O–H groups in total. The average molecular weight is 322 g/mol. The number of fused-ring (bicyclic) bond motifs is 1. The monoisotopic (exact) mass is 322 g/mol. The van der Waals surface area contributed by atoms with Crippen molar-refractivity contribution in [3.8, 4) is 0 Å². The van der Waals surface area contributed by atoms with E-state index in [0.29, 0.717) is 6.54 Å². The largest absolute Gasteiger partial charge is 0.315 e. The van der Waals surface area contributed by atoms with Gasteiger partial charge in [0.1, 0.15) is 0 Å². The van der Waals surface area contributed by atoms with Crippen LogP contribution < -0.4 is 10.0 Å². The predicted octanol–water partition coefficient (Wildman–Crippen LogP) is 1.58. The number of amides is 1. The molecule has 0 bridgehead atoms. The van der Waals surface area contributed by atoms with Gasteiger partial charge < -0.3 is 5.32 Å². The topological polar surface area (TPSA) is 75.3 Å². The molecule has 1 aliphatic carbocycles. The number of hydrogen-bond acceptors (Lipinski definition) is 4. The summed E-state index contributed by atoms with van der Waals surface area (Å²) in [5.41, 5.74) is 0.293. The standard InChI is InChI=1S/C16H22N2O3S/c1-12-5-4-7-14(9-12)22(20,21)18-15(19)16-8-3-2-6-13(16)10-17-11-16/h4-5,7,9,13,17H,2-3,6,8,10-11H2,1H3,(H,18,19)/t13-,16-/m1/s1. The van der Waals surface area contributed by atoms with Crippen LogP contribution in [-0.4, -0.2) is 27.4 Å². The molecule has 0 unspecified atom stereocenters. The van der Waals surface area contributed by atoms with Gasteiger partial charge >= 0.3 is 0 Å². The lowest BCUT2D eigenvalue weighted by molar-refractivity contribution is -0.132. The lowest BCUT2D eigenvalue weighted by Crippen LogP contribution is -2.49. The summed E-state index contributed by atoms with van der Waals surface area (Å²) in [6.07, 6.45) is 3.85. The van der Waals surface area contributed by atoms with Crippen LogP contribution in [0.25, 0.3) is 0 Å². The maximum Gasteiger partial charge on any atom is 0.264 e. The zero-order valence-electron chi connectivity index (χ0n) is 12.8. The van der Waals surface area contributed by atoms with Crippen LogP contribution >= 0.6 is 0 Å². The van der Waals surface area contributed by atoms with Crippen molar-refractivity contribution < 1.29 is 13.2 Å². The Kier molecular flexibility index (Phi) is 3.99. The highest BCUT2D eigenvalue weighted by Gasteiger charge is 2.50. The van der Waals surface area contributed by atoms with Crippen LogP contribution in [0.4, 0.5) is 0 Å². The second-order valence-electron chi connectivity index (χ2n) is 6.48. The number of carbonyl (C=O) groups excluding carboxylic acids is 1. The molecule has 120 valence electrons. The zero-order chi connectivity index (χ0) is 15.8. The molecule has 1 saturated carbocycles. The first-order valence-corrected chi connectivity index (χ1v) is 9.27. The van der Waals surface area contributed by atoms with Crippen LogP contribution in [0.3, 0.4) is 0 Å². The fourth-order valence-corrected chi connectivity index (χ4v) is 4.92. The maximum atomic E-state index is 12.7. The van der Waals surface area contributed by atoms with E-state index in [-0.39, 0.29) is 16.7 Å². The molecule has 1 saturated heterocycles. The highest BCUT2D eigenvalue weighted by Crippen LogP contribution is 2.44. The van der Waals surface area contributed by atoms with Gasteiger partial charge in [-0.05, 0) is 49.9 Å². The number of nitrogens with one attached hydrogen (secondary N) is 2. The van der Waals surface area contributed by atoms with Crippen molar-refractivity contribution in [1.82, 2.24) is 10.0 Å². The van der Waals surface area contributed by atoms with E-state index < -0.39 is 15.4 Å². The van der Waals surface area contributed by atoms with E-state index >= 15 is 0 Å². The SMILES string of the molecule is Cc1cccc(S(=O)(=O)NC(=O)[C@@]23CCCC[C@@H]2CNC3)c1. The van der Waals surface area contributed by atoms with E-state index in [4.69, 9.17) is 0 Å². The average Bonchev–Trinajstić information content (AvgIpc) is 2.92. The fraction of sp³-hybridized carbons (Fsp3) is 0.562. The van der Waals surface area contributed by atoms with Crippen LogP contribution in [-0.2, 0) is 14.8 Å². The van der Waals surface area contributed by atoms with Crippen molar-refractivity contribution in [3.63, 3.8) is 0 Å². The van der Waals surface area contributed by atoms with Crippen LogP contribution in [0.5, 0.6) is 0 Å². The van der Waals surface area contributed by atoms with Gasteiger partial charge in [0.15, 0.2) is 0 Å². The summed E-state index contributed by atoms with van der Waals surface area (Å²) in [6, 6.07) is 6.62. The summed E-state index contributed by atoms with van der Waals surface area (Å²) in [6.45, 7) is 3.21. The number of rotatable bonds is 3. The van der Waals surface area contributed by atoms with E-state index in [2.05, 4.69) is 10.0 Å². The minimum absolute atomic E-state index is 0.149. The Bertz CT molecular complexity index is 686. The van der Waals surface area contributed by atoms with Crippen molar-refractivity contribution in [1.29, 1.82) is 0 Å². The predicted molar refractivity (Wildman–Crippen MR) is 83.8 cm³/mol. The van der Waals surface area contributed by atoms with E-state index in [1.54, 1.807) is 12.1 Å². The van der Waals surface area contributed by atoms with Gasteiger partial charge in [0.2, 0.25) is 5.91 Å². The second-order valence-corrected chi connectivity index (χ2v) is 8.16. The molecular formula is C16H22N2O3S. The fourth-order valence-electron chi connectivity index (χ4n) is 3.76. The van der Waals surface area contributed by atoms with Crippen LogP contribution in [0.1, 0.15) is 31.2 Å². The molecule has 1 aromatic rings. The number of benzene rings is 1. The van der Waals surface area contributed by atoms with Crippen LogP contribution in [0.15, 0.2) is 29.2 Å². The minimum Gasteiger partial charge on any atom is -0.315 e. The number of hydrogen-bond donors (Lipinski definition) is 2. The van der Waals surface area contributed by atoms with E-state index in [9.17, 15) is 13.2 Å². The van der Waals surface area contributed by atoms with Gasteiger partial charge in [-0.25, -0.2) is 13.1 Å². The van der Waals surface area contributed by atoms with Crippen molar-refractivity contribution in [2.24, 2.45) is 11.3 Å². The quantitative estimate of drug-likeness (QED) is 0.886. The molecule has 2 fully saturated rings. The summed E-state index contributed by atoms with van der Waals surface area (Å²) in [4.78, 5) is 12.9. The first-order chi connectivity index (χ1) is 10.4. The van der Waals surface area contributed by atoms with E-state index in [1.807, 2.05) is 13.0 Å². The highest BCUT2D eigenvalue weighted by atomic mass is 32.2. The molecule has 0 aromatic heterocycles. The van der Waals surface area contributed by atoms with Crippen molar-refractivity contribution in [2.75, 3.05) is 13.1 Å². The number of carbonyl (C=O) groups is 1. The lowest BCUT2D eigenvalue weighted by atomic mass is 9.68.